The summed E-state index contributed by atoms with van der Waals surface area (Å²) in [5.41, 5.74) is 10.1. The summed E-state index contributed by atoms with van der Waals surface area (Å²) in [5, 5.41) is 7.95. The summed E-state index contributed by atoms with van der Waals surface area (Å²) in [4.78, 5) is 47.9. The summed E-state index contributed by atoms with van der Waals surface area (Å²) in [7, 11) is 0. The third-order valence-electron chi connectivity index (χ3n) is 5.97. The first-order chi connectivity index (χ1) is 19.3. The molecule has 2 N–H and O–H groups in total. The molecule has 0 aromatic heterocycles. The van der Waals surface area contributed by atoms with Gasteiger partial charge in [0.2, 0.25) is 0 Å². The average molecular weight is 531 g/mol. The van der Waals surface area contributed by atoms with Crippen molar-refractivity contribution in [2.45, 2.75) is 13.8 Å². The highest BCUT2D eigenvalue weighted by Crippen LogP contribution is 2.20. The van der Waals surface area contributed by atoms with E-state index in [2.05, 4.69) is 21.1 Å². The van der Waals surface area contributed by atoms with E-state index in [1.165, 1.54) is 26.3 Å². The lowest BCUT2D eigenvalue weighted by atomic mass is 10.0. The van der Waals surface area contributed by atoms with Gasteiger partial charge in [-0.1, -0.05) is 60.7 Å². The number of amides is 2. The second-order valence-corrected chi connectivity index (χ2v) is 8.92. The van der Waals surface area contributed by atoms with E-state index in [0.717, 1.165) is 11.1 Å². The lowest BCUT2D eigenvalue weighted by molar-refractivity contribution is 0.0947. The van der Waals surface area contributed by atoms with Gasteiger partial charge in [-0.2, -0.15) is 10.2 Å². The summed E-state index contributed by atoms with van der Waals surface area (Å²) in [6, 6.07) is 27.9. The lowest BCUT2D eigenvalue weighted by Crippen LogP contribution is -2.17. The highest BCUT2D eigenvalue weighted by atomic mass is 16.2. The van der Waals surface area contributed by atoms with Crippen LogP contribution < -0.4 is 10.9 Å². The first-order valence-electron chi connectivity index (χ1n) is 12.4. The number of hydrogen-bond acceptors (Lipinski definition) is 6. The molecule has 4 aromatic rings. The van der Waals surface area contributed by atoms with Gasteiger partial charge in [-0.3, -0.25) is 19.2 Å². The van der Waals surface area contributed by atoms with Gasteiger partial charge in [-0.15, -0.1) is 0 Å². The third kappa shape index (κ3) is 7.29. The molecule has 0 heterocycles. The van der Waals surface area contributed by atoms with Gasteiger partial charge in [0.1, 0.15) is 0 Å². The van der Waals surface area contributed by atoms with E-state index in [0.29, 0.717) is 33.4 Å². The minimum absolute atomic E-state index is 0.0452. The summed E-state index contributed by atoms with van der Waals surface area (Å²) < 4.78 is 0. The summed E-state index contributed by atoms with van der Waals surface area (Å²) in [5.74, 6) is -0.829. The molecule has 0 aliphatic rings. The first-order valence-corrected chi connectivity index (χ1v) is 12.4. The number of benzene rings is 4. The van der Waals surface area contributed by atoms with Crippen molar-refractivity contribution in [3.63, 3.8) is 0 Å². The van der Waals surface area contributed by atoms with Crippen LogP contribution in [0.15, 0.2) is 107 Å². The Bertz CT molecular complexity index is 1500. The fourth-order valence-electron chi connectivity index (χ4n) is 3.76. The van der Waals surface area contributed by atoms with Crippen LogP contribution >= 0.6 is 0 Å². The van der Waals surface area contributed by atoms with E-state index in [-0.39, 0.29) is 23.4 Å². The van der Waals surface area contributed by atoms with Gasteiger partial charge in [0.15, 0.2) is 11.6 Å². The summed E-state index contributed by atoms with van der Waals surface area (Å²) >= 11 is 0. The topological polar surface area (TPSA) is 117 Å². The Morgan fingerprint density at radius 1 is 0.525 bits per heavy atom. The molecule has 0 aliphatic heterocycles. The van der Waals surface area contributed by atoms with E-state index >= 15 is 0 Å². The summed E-state index contributed by atoms with van der Waals surface area (Å²) in [6.45, 7) is 2.98. The number of ketones is 2. The summed E-state index contributed by atoms with van der Waals surface area (Å²) in [6.07, 6.45) is 2.96. The number of Topliss-reactive ketones (excluding diaryl/α,β-unsaturated/α-hetero) is 2. The van der Waals surface area contributed by atoms with Crippen LogP contribution in [-0.2, 0) is 0 Å². The number of hydrogen-bond donors (Lipinski definition) is 2. The first kappa shape index (κ1) is 27.5. The number of nitrogens with one attached hydrogen (secondary N) is 2. The van der Waals surface area contributed by atoms with E-state index in [1.54, 1.807) is 72.8 Å². The van der Waals surface area contributed by atoms with Crippen molar-refractivity contribution >= 4 is 35.8 Å². The molecule has 0 fully saturated rings. The fraction of sp³-hybridized carbons (Fsp3) is 0.0625. The minimum atomic E-state index is -0.369. The van der Waals surface area contributed by atoms with E-state index in [4.69, 9.17) is 0 Å². The molecule has 0 radical (unpaired) electrons. The molecule has 8 heteroatoms. The maximum atomic E-state index is 12.5. The molecule has 0 spiro atoms. The van der Waals surface area contributed by atoms with Crippen molar-refractivity contribution in [2.75, 3.05) is 0 Å². The Labute approximate surface area is 231 Å². The van der Waals surface area contributed by atoms with Crippen LogP contribution in [0.2, 0.25) is 0 Å². The fourth-order valence-corrected chi connectivity index (χ4v) is 3.76. The van der Waals surface area contributed by atoms with Crippen molar-refractivity contribution in [3.8, 4) is 11.1 Å². The molecule has 4 rings (SSSR count). The van der Waals surface area contributed by atoms with Crippen LogP contribution in [-0.4, -0.2) is 35.8 Å². The van der Waals surface area contributed by atoms with Crippen molar-refractivity contribution in [2.24, 2.45) is 10.2 Å². The standard InChI is InChI=1S/C32H26N4O4/c1-21(37)29-7-3-5-23(17-29)19-33-35-31(39)27-13-9-25(10-14-27)26-11-15-28(16-12-26)32(40)36-34-20-24-6-4-8-30(18-24)22(2)38/h3-20H,1-2H3,(H,35,39)(H,36,40)/b33-19+,34-20+. The Kier molecular flexibility index (Phi) is 8.84. The van der Waals surface area contributed by atoms with Gasteiger partial charge in [-0.05, 0) is 72.5 Å². The molecular formula is C32H26N4O4. The van der Waals surface area contributed by atoms with Crippen LogP contribution in [0.4, 0.5) is 0 Å². The highest BCUT2D eigenvalue weighted by Gasteiger charge is 2.08. The largest absolute Gasteiger partial charge is 0.295 e. The predicted molar refractivity (Wildman–Crippen MR) is 155 cm³/mol. The molecule has 0 saturated heterocycles. The second kappa shape index (κ2) is 12.8. The average Bonchev–Trinajstić information content (AvgIpc) is 2.97. The molecule has 198 valence electrons. The van der Waals surface area contributed by atoms with Gasteiger partial charge in [0, 0.05) is 22.3 Å². The zero-order valence-electron chi connectivity index (χ0n) is 21.9. The van der Waals surface area contributed by atoms with Crippen LogP contribution in [0.5, 0.6) is 0 Å². The van der Waals surface area contributed by atoms with Gasteiger partial charge in [0.05, 0.1) is 12.4 Å². The molecule has 2 amide bonds. The maximum Gasteiger partial charge on any atom is 0.271 e. The zero-order chi connectivity index (χ0) is 28.5. The number of carbonyl (C=O) groups excluding carboxylic acids is 4. The molecule has 40 heavy (non-hydrogen) atoms. The number of rotatable bonds is 9. The molecule has 0 saturated carbocycles. The minimum Gasteiger partial charge on any atom is -0.295 e. The van der Waals surface area contributed by atoms with Crippen molar-refractivity contribution < 1.29 is 19.2 Å². The smallest absolute Gasteiger partial charge is 0.271 e. The quantitative estimate of drug-likeness (QED) is 0.174. The van der Waals surface area contributed by atoms with Gasteiger partial charge >= 0.3 is 0 Å². The van der Waals surface area contributed by atoms with Crippen molar-refractivity contribution in [1.29, 1.82) is 0 Å². The molecule has 0 unspecified atom stereocenters. The highest BCUT2D eigenvalue weighted by molar-refractivity contribution is 5.98. The molecule has 0 aliphatic carbocycles. The van der Waals surface area contributed by atoms with Crippen LogP contribution in [0.25, 0.3) is 11.1 Å². The molecule has 4 aromatic carbocycles. The van der Waals surface area contributed by atoms with E-state index < -0.39 is 0 Å². The van der Waals surface area contributed by atoms with E-state index in [1.807, 2.05) is 24.3 Å². The Balaban J connectivity index is 1.33. The number of hydrazone groups is 2. The second-order valence-electron chi connectivity index (χ2n) is 8.92. The van der Waals surface area contributed by atoms with Gasteiger partial charge in [-0.25, -0.2) is 10.9 Å². The lowest BCUT2D eigenvalue weighted by Gasteiger charge is -2.06. The molecular weight excluding hydrogens is 504 g/mol. The zero-order valence-corrected chi connectivity index (χ0v) is 21.9. The number of nitrogens with zero attached hydrogens (tertiary/aromatic N) is 2. The normalized spacial score (nSPS) is 10.9. The number of carbonyl (C=O) groups is 4. The molecule has 0 atom stereocenters. The molecule has 8 nitrogen and oxygen atoms in total. The van der Waals surface area contributed by atoms with Crippen molar-refractivity contribution in [3.05, 3.63) is 130 Å². The predicted octanol–water partition coefficient (Wildman–Crippen LogP) is 5.29. The van der Waals surface area contributed by atoms with E-state index in [9.17, 15) is 19.2 Å². The monoisotopic (exact) mass is 530 g/mol. The maximum absolute atomic E-state index is 12.5. The SMILES string of the molecule is CC(=O)c1cccc(/C=N/NC(=O)c2ccc(-c3ccc(C(=O)N/N=C/c4cccc(C(C)=O)c4)cc3)cc2)c1. The van der Waals surface area contributed by atoms with Crippen LogP contribution in [0, 0.1) is 0 Å². The Hall–Kier alpha value is -5.50. The Morgan fingerprint density at radius 3 is 1.25 bits per heavy atom. The van der Waals surface area contributed by atoms with Gasteiger partial charge < -0.3 is 0 Å². The third-order valence-corrected chi connectivity index (χ3v) is 5.97. The van der Waals surface area contributed by atoms with Crippen molar-refractivity contribution in [1.82, 2.24) is 10.9 Å². The van der Waals surface area contributed by atoms with Crippen LogP contribution in [0.3, 0.4) is 0 Å². The van der Waals surface area contributed by atoms with Crippen LogP contribution in [0.1, 0.15) is 66.4 Å². The molecule has 0 bridgehead atoms. The Morgan fingerprint density at radius 2 is 0.900 bits per heavy atom. The van der Waals surface area contributed by atoms with Gasteiger partial charge in [0.25, 0.3) is 11.8 Å².